The molecule has 0 unspecified atom stereocenters. The van der Waals surface area contributed by atoms with E-state index in [1.165, 1.54) is 5.56 Å². The van der Waals surface area contributed by atoms with Crippen LogP contribution in [-0.2, 0) is 16.2 Å². The molecular weight excluding hydrogens is 354 g/mol. The zero-order valence-corrected chi connectivity index (χ0v) is 16.5. The number of rotatable bonds is 7. The average molecular weight is 381 g/mol. The zero-order valence-electron chi connectivity index (χ0n) is 16.5. The first-order chi connectivity index (χ1) is 13.7. The molecule has 148 valence electrons. The number of nitrogens with zero attached hydrogens (tertiary/aromatic N) is 3. The van der Waals surface area contributed by atoms with Gasteiger partial charge in [0.05, 0.1) is 13.3 Å². The van der Waals surface area contributed by atoms with Crippen molar-refractivity contribution in [2.24, 2.45) is 5.16 Å². The van der Waals surface area contributed by atoms with Crippen LogP contribution in [0.5, 0.6) is 5.75 Å². The number of hydrogen-bond acceptors (Lipinski definition) is 5. The lowest BCUT2D eigenvalue weighted by atomic mass is 10.2. The molecule has 6 heteroatoms. The van der Waals surface area contributed by atoms with Crippen LogP contribution >= 0.6 is 0 Å². The molecule has 0 aromatic heterocycles. The summed E-state index contributed by atoms with van der Waals surface area (Å²) in [5.41, 5.74) is 2.10. The molecule has 0 saturated carbocycles. The highest BCUT2D eigenvalue weighted by atomic mass is 16.6. The highest BCUT2D eigenvalue weighted by Gasteiger charge is 2.26. The van der Waals surface area contributed by atoms with Crippen LogP contribution in [0.3, 0.4) is 0 Å². The molecule has 0 radical (unpaired) electrons. The number of benzene rings is 2. The third-order valence-electron chi connectivity index (χ3n) is 4.83. The summed E-state index contributed by atoms with van der Waals surface area (Å²) in [6, 6.07) is 17.9. The Morgan fingerprint density at radius 3 is 2.46 bits per heavy atom. The van der Waals surface area contributed by atoms with Crippen molar-refractivity contribution in [2.75, 3.05) is 33.3 Å². The van der Waals surface area contributed by atoms with Gasteiger partial charge in [-0.1, -0.05) is 47.6 Å². The lowest BCUT2D eigenvalue weighted by Crippen LogP contribution is -2.50. The molecule has 2 aromatic carbocycles. The molecule has 1 heterocycles. The van der Waals surface area contributed by atoms with E-state index in [1.54, 1.807) is 20.2 Å². The van der Waals surface area contributed by atoms with Crippen molar-refractivity contribution < 1.29 is 14.4 Å². The van der Waals surface area contributed by atoms with E-state index in [9.17, 15) is 4.79 Å². The Kier molecular flexibility index (Phi) is 7.03. The van der Waals surface area contributed by atoms with Gasteiger partial charge in [-0.2, -0.15) is 0 Å². The predicted molar refractivity (Wildman–Crippen MR) is 109 cm³/mol. The zero-order chi connectivity index (χ0) is 19.8. The summed E-state index contributed by atoms with van der Waals surface area (Å²) >= 11 is 0. The number of ether oxygens (including phenoxy) is 1. The third kappa shape index (κ3) is 5.33. The highest BCUT2D eigenvalue weighted by Crippen LogP contribution is 2.15. The molecule has 3 rings (SSSR count). The fourth-order valence-corrected chi connectivity index (χ4v) is 3.22. The lowest BCUT2D eigenvalue weighted by molar-refractivity contribution is -0.144. The van der Waals surface area contributed by atoms with Gasteiger partial charge in [-0.3, -0.25) is 9.69 Å². The summed E-state index contributed by atoms with van der Waals surface area (Å²) in [4.78, 5) is 22.2. The van der Waals surface area contributed by atoms with Gasteiger partial charge in [-0.15, -0.1) is 0 Å². The molecule has 0 bridgehead atoms. The first-order valence-electron chi connectivity index (χ1n) is 9.54. The first-order valence-corrected chi connectivity index (χ1v) is 9.54. The van der Waals surface area contributed by atoms with Crippen LogP contribution in [-0.4, -0.2) is 61.3 Å². The van der Waals surface area contributed by atoms with Gasteiger partial charge in [-0.05, 0) is 24.6 Å². The maximum absolute atomic E-state index is 12.6. The van der Waals surface area contributed by atoms with E-state index < -0.39 is 6.10 Å². The second-order valence-corrected chi connectivity index (χ2v) is 6.81. The average Bonchev–Trinajstić information content (AvgIpc) is 2.75. The highest BCUT2D eigenvalue weighted by molar-refractivity contribution is 5.83. The monoisotopic (exact) mass is 381 g/mol. The minimum absolute atomic E-state index is 0.0310. The largest absolute Gasteiger partial charge is 0.496 e. The Bertz CT molecular complexity index is 787. The van der Waals surface area contributed by atoms with Gasteiger partial charge in [0.2, 0.25) is 6.10 Å². The van der Waals surface area contributed by atoms with Crippen molar-refractivity contribution >= 4 is 12.1 Å². The minimum Gasteiger partial charge on any atom is -0.496 e. The Morgan fingerprint density at radius 1 is 1.07 bits per heavy atom. The summed E-state index contributed by atoms with van der Waals surface area (Å²) in [6.07, 6.45) is 0.951. The molecule has 0 spiro atoms. The molecule has 0 N–H and O–H groups in total. The van der Waals surface area contributed by atoms with E-state index in [0.29, 0.717) is 18.8 Å². The van der Waals surface area contributed by atoms with Crippen LogP contribution in [0.15, 0.2) is 59.8 Å². The number of carbonyl (C=O) groups excluding carboxylic acids is 1. The molecular formula is C22H27N3O3. The van der Waals surface area contributed by atoms with Crippen LogP contribution < -0.4 is 4.74 Å². The van der Waals surface area contributed by atoms with Crippen LogP contribution in [0, 0.1) is 0 Å². The normalized spacial score (nSPS) is 16.1. The van der Waals surface area contributed by atoms with Gasteiger partial charge < -0.3 is 14.5 Å². The molecule has 1 aliphatic heterocycles. The van der Waals surface area contributed by atoms with Crippen molar-refractivity contribution in [3.8, 4) is 5.75 Å². The molecule has 28 heavy (non-hydrogen) atoms. The van der Waals surface area contributed by atoms with E-state index in [4.69, 9.17) is 9.57 Å². The molecule has 2 aromatic rings. The van der Waals surface area contributed by atoms with E-state index in [0.717, 1.165) is 25.2 Å². The number of piperazine rings is 1. The second kappa shape index (κ2) is 9.90. The fraction of sp³-hybridized carbons (Fsp3) is 0.364. The van der Waals surface area contributed by atoms with Crippen LogP contribution in [0.1, 0.15) is 18.1 Å². The molecule has 1 amide bonds. The Labute approximate surface area is 166 Å². The third-order valence-corrected chi connectivity index (χ3v) is 4.83. The smallest absolute Gasteiger partial charge is 0.266 e. The Balaban J connectivity index is 1.46. The summed E-state index contributed by atoms with van der Waals surface area (Å²) < 4.78 is 5.27. The quantitative estimate of drug-likeness (QED) is 0.547. The van der Waals surface area contributed by atoms with Crippen LogP contribution in [0.25, 0.3) is 0 Å². The van der Waals surface area contributed by atoms with Gasteiger partial charge in [0.1, 0.15) is 5.75 Å². The van der Waals surface area contributed by atoms with Crippen molar-refractivity contribution in [1.29, 1.82) is 0 Å². The van der Waals surface area contributed by atoms with E-state index >= 15 is 0 Å². The van der Waals surface area contributed by atoms with Gasteiger partial charge in [-0.25, -0.2) is 0 Å². The SMILES string of the molecule is COc1ccccc1/C=N\O[C@H](C)C(=O)N1CCN(Cc2ccccc2)CC1. The standard InChI is InChI=1S/C22H27N3O3/c1-18(28-23-16-20-10-6-7-11-21(20)27-2)22(26)25-14-12-24(13-15-25)17-19-8-4-3-5-9-19/h3-11,16,18H,12-15,17H2,1-2H3/b23-16-/t18-/m1/s1. The van der Waals surface area contributed by atoms with E-state index in [-0.39, 0.29) is 5.91 Å². The van der Waals surface area contributed by atoms with Gasteiger partial charge in [0.25, 0.3) is 5.91 Å². The minimum atomic E-state index is -0.619. The topological polar surface area (TPSA) is 54.4 Å². The summed E-state index contributed by atoms with van der Waals surface area (Å²) in [5.74, 6) is 0.680. The maximum Gasteiger partial charge on any atom is 0.266 e. The maximum atomic E-state index is 12.6. The number of amides is 1. The molecule has 1 fully saturated rings. The summed E-state index contributed by atoms with van der Waals surface area (Å²) in [7, 11) is 1.61. The number of methoxy groups -OCH3 is 1. The second-order valence-electron chi connectivity index (χ2n) is 6.81. The number of hydrogen-bond donors (Lipinski definition) is 0. The fourth-order valence-electron chi connectivity index (χ4n) is 3.22. The van der Waals surface area contributed by atoms with Crippen LogP contribution in [0.4, 0.5) is 0 Å². The number of para-hydroxylation sites is 1. The van der Waals surface area contributed by atoms with E-state index in [1.807, 2.05) is 35.2 Å². The van der Waals surface area contributed by atoms with Gasteiger partial charge in [0.15, 0.2) is 0 Å². The van der Waals surface area contributed by atoms with Gasteiger partial charge in [0, 0.05) is 38.3 Å². The summed E-state index contributed by atoms with van der Waals surface area (Å²) in [6.45, 7) is 5.78. The molecule has 6 nitrogen and oxygen atoms in total. The number of oxime groups is 1. The Hall–Kier alpha value is -2.86. The van der Waals surface area contributed by atoms with Crippen molar-refractivity contribution in [3.63, 3.8) is 0 Å². The van der Waals surface area contributed by atoms with E-state index in [2.05, 4.69) is 34.3 Å². The predicted octanol–water partition coefficient (Wildman–Crippen LogP) is 2.78. The molecule has 1 aliphatic rings. The van der Waals surface area contributed by atoms with Gasteiger partial charge >= 0.3 is 0 Å². The molecule has 0 aliphatic carbocycles. The summed E-state index contributed by atoms with van der Waals surface area (Å²) in [5, 5.41) is 3.97. The molecule has 1 atom stereocenters. The van der Waals surface area contributed by atoms with Crippen molar-refractivity contribution in [3.05, 3.63) is 65.7 Å². The van der Waals surface area contributed by atoms with Crippen molar-refractivity contribution in [2.45, 2.75) is 19.6 Å². The van der Waals surface area contributed by atoms with Crippen LogP contribution in [0.2, 0.25) is 0 Å². The molecule has 1 saturated heterocycles. The van der Waals surface area contributed by atoms with Crippen molar-refractivity contribution in [1.82, 2.24) is 9.80 Å². The Morgan fingerprint density at radius 2 is 1.75 bits per heavy atom. The lowest BCUT2D eigenvalue weighted by Gasteiger charge is -2.35. The number of carbonyl (C=O) groups is 1. The first kappa shape index (κ1) is 19.9.